The van der Waals surface area contributed by atoms with Gasteiger partial charge in [-0.1, -0.05) is 11.6 Å². The van der Waals surface area contributed by atoms with Crippen molar-refractivity contribution in [2.75, 3.05) is 25.2 Å². The van der Waals surface area contributed by atoms with Crippen molar-refractivity contribution in [2.45, 2.75) is 0 Å². The van der Waals surface area contributed by atoms with E-state index in [-0.39, 0.29) is 22.2 Å². The van der Waals surface area contributed by atoms with Gasteiger partial charge in [-0.05, 0) is 12.1 Å². The van der Waals surface area contributed by atoms with Gasteiger partial charge in [0.15, 0.2) is 5.82 Å². The third-order valence-corrected chi connectivity index (χ3v) is 3.00. The molecule has 0 unspecified atom stereocenters. The van der Waals surface area contributed by atoms with E-state index in [1.54, 1.807) is 7.05 Å². The van der Waals surface area contributed by atoms with Crippen molar-refractivity contribution in [1.29, 1.82) is 0 Å². The van der Waals surface area contributed by atoms with Gasteiger partial charge in [-0.2, -0.15) is 0 Å². The molecule has 1 heterocycles. The Morgan fingerprint density at radius 1 is 1.55 bits per heavy atom. The summed E-state index contributed by atoms with van der Waals surface area (Å²) in [5.74, 6) is -0.954. The molecule has 0 spiro atoms. The predicted octanol–water partition coefficient (Wildman–Crippen LogP) is 2.08. The van der Waals surface area contributed by atoms with Gasteiger partial charge in [0.1, 0.15) is 17.2 Å². The SMILES string of the molecule is CNc1nn(-c2ccc(Cl)c(F)c2)c(N)c1C(=O)OC. The van der Waals surface area contributed by atoms with Crippen LogP contribution in [0.3, 0.4) is 0 Å². The summed E-state index contributed by atoms with van der Waals surface area (Å²) in [6, 6.07) is 4.09. The Morgan fingerprint density at radius 3 is 2.80 bits per heavy atom. The fourth-order valence-electron chi connectivity index (χ4n) is 1.72. The Labute approximate surface area is 119 Å². The molecule has 0 aliphatic carbocycles. The molecular weight excluding hydrogens is 287 g/mol. The van der Waals surface area contributed by atoms with Crippen LogP contribution in [0.2, 0.25) is 5.02 Å². The number of benzene rings is 1. The van der Waals surface area contributed by atoms with Gasteiger partial charge in [0, 0.05) is 13.1 Å². The second-order valence-electron chi connectivity index (χ2n) is 3.86. The van der Waals surface area contributed by atoms with Crippen LogP contribution in [0.5, 0.6) is 0 Å². The average molecular weight is 299 g/mol. The van der Waals surface area contributed by atoms with Crippen LogP contribution in [0.4, 0.5) is 16.0 Å². The summed E-state index contributed by atoms with van der Waals surface area (Å²) in [6.07, 6.45) is 0. The number of ether oxygens (including phenoxy) is 1. The number of hydrogen-bond donors (Lipinski definition) is 2. The molecule has 3 N–H and O–H groups in total. The summed E-state index contributed by atoms with van der Waals surface area (Å²) in [5.41, 5.74) is 6.31. The molecule has 0 amide bonds. The van der Waals surface area contributed by atoms with Crippen LogP contribution in [0.1, 0.15) is 10.4 Å². The lowest BCUT2D eigenvalue weighted by atomic mass is 10.3. The monoisotopic (exact) mass is 298 g/mol. The first kappa shape index (κ1) is 14.1. The van der Waals surface area contributed by atoms with E-state index in [1.807, 2.05) is 0 Å². The molecule has 1 aromatic heterocycles. The molecule has 0 saturated carbocycles. The summed E-state index contributed by atoms with van der Waals surface area (Å²) in [4.78, 5) is 11.7. The number of carbonyl (C=O) groups excluding carboxylic acids is 1. The molecule has 2 aromatic rings. The van der Waals surface area contributed by atoms with Crippen molar-refractivity contribution >= 4 is 29.2 Å². The Balaban J connectivity index is 2.60. The molecule has 0 radical (unpaired) electrons. The highest BCUT2D eigenvalue weighted by atomic mass is 35.5. The second-order valence-corrected chi connectivity index (χ2v) is 4.27. The molecule has 0 aliphatic rings. The normalized spacial score (nSPS) is 10.4. The van der Waals surface area contributed by atoms with Gasteiger partial charge in [-0.3, -0.25) is 0 Å². The molecule has 0 fully saturated rings. The number of nitrogen functional groups attached to an aromatic ring is 1. The standard InChI is InChI=1S/C12H12ClFN4O2/c1-16-11-9(12(19)20-2)10(15)18(17-11)6-3-4-7(13)8(14)5-6/h3-5H,15H2,1-2H3,(H,16,17). The molecule has 8 heteroatoms. The Bertz CT molecular complexity index is 672. The number of esters is 1. The molecule has 0 saturated heterocycles. The minimum atomic E-state index is -0.632. The average Bonchev–Trinajstić information content (AvgIpc) is 2.78. The van der Waals surface area contributed by atoms with Crippen molar-refractivity contribution in [3.05, 3.63) is 34.6 Å². The highest BCUT2D eigenvalue weighted by Gasteiger charge is 2.23. The van der Waals surface area contributed by atoms with Gasteiger partial charge < -0.3 is 15.8 Å². The Kier molecular flexibility index (Phi) is 3.80. The van der Waals surface area contributed by atoms with Gasteiger partial charge in [0.2, 0.25) is 0 Å². The van der Waals surface area contributed by atoms with Crippen LogP contribution in [0, 0.1) is 5.82 Å². The fourth-order valence-corrected chi connectivity index (χ4v) is 1.84. The zero-order valence-corrected chi connectivity index (χ0v) is 11.5. The summed E-state index contributed by atoms with van der Waals surface area (Å²) < 4.78 is 19.4. The van der Waals surface area contributed by atoms with Crippen LogP contribution < -0.4 is 11.1 Å². The van der Waals surface area contributed by atoms with Crippen LogP contribution in [-0.4, -0.2) is 29.9 Å². The minimum Gasteiger partial charge on any atom is -0.465 e. The summed E-state index contributed by atoms with van der Waals surface area (Å²) >= 11 is 5.62. The zero-order chi connectivity index (χ0) is 14.9. The highest BCUT2D eigenvalue weighted by Crippen LogP contribution is 2.27. The van der Waals surface area contributed by atoms with Gasteiger partial charge in [-0.25, -0.2) is 13.9 Å². The molecule has 6 nitrogen and oxygen atoms in total. The molecule has 0 bridgehead atoms. The Hall–Kier alpha value is -2.28. The lowest BCUT2D eigenvalue weighted by molar-refractivity contribution is 0.0603. The lowest BCUT2D eigenvalue weighted by Crippen LogP contribution is -2.08. The van der Waals surface area contributed by atoms with Crippen molar-refractivity contribution in [3.8, 4) is 5.69 Å². The number of methoxy groups -OCH3 is 1. The Morgan fingerprint density at radius 2 is 2.25 bits per heavy atom. The van der Waals surface area contributed by atoms with Crippen molar-refractivity contribution in [1.82, 2.24) is 9.78 Å². The maximum Gasteiger partial charge on any atom is 0.345 e. The number of nitrogens with zero attached hydrogens (tertiary/aromatic N) is 2. The van der Waals surface area contributed by atoms with Crippen molar-refractivity contribution in [2.24, 2.45) is 0 Å². The van der Waals surface area contributed by atoms with E-state index < -0.39 is 11.8 Å². The van der Waals surface area contributed by atoms with Crippen LogP contribution in [-0.2, 0) is 4.74 Å². The van der Waals surface area contributed by atoms with Crippen molar-refractivity contribution < 1.29 is 13.9 Å². The van der Waals surface area contributed by atoms with E-state index in [2.05, 4.69) is 15.2 Å². The fraction of sp³-hybridized carbons (Fsp3) is 0.167. The number of nitrogens with two attached hydrogens (primary N) is 1. The van der Waals surface area contributed by atoms with Gasteiger partial charge in [0.05, 0.1) is 17.8 Å². The first-order valence-corrected chi connectivity index (χ1v) is 5.97. The molecule has 106 valence electrons. The smallest absolute Gasteiger partial charge is 0.345 e. The topological polar surface area (TPSA) is 82.2 Å². The largest absolute Gasteiger partial charge is 0.465 e. The third-order valence-electron chi connectivity index (χ3n) is 2.70. The van der Waals surface area contributed by atoms with Gasteiger partial charge in [0.25, 0.3) is 0 Å². The molecule has 2 rings (SSSR count). The minimum absolute atomic E-state index is 0.0125. The van der Waals surface area contributed by atoms with E-state index in [4.69, 9.17) is 17.3 Å². The van der Waals surface area contributed by atoms with Crippen molar-refractivity contribution in [3.63, 3.8) is 0 Å². The molecule has 0 atom stereocenters. The number of nitrogens with one attached hydrogen (secondary N) is 1. The van der Waals surface area contributed by atoms with E-state index in [9.17, 15) is 9.18 Å². The van der Waals surface area contributed by atoms with Gasteiger partial charge >= 0.3 is 5.97 Å². The highest BCUT2D eigenvalue weighted by molar-refractivity contribution is 6.30. The van der Waals surface area contributed by atoms with E-state index in [0.29, 0.717) is 5.69 Å². The number of anilines is 2. The van der Waals surface area contributed by atoms with Gasteiger partial charge in [-0.15, -0.1) is 5.10 Å². The zero-order valence-electron chi connectivity index (χ0n) is 10.8. The summed E-state index contributed by atoms with van der Waals surface area (Å²) in [7, 11) is 2.82. The molecule has 20 heavy (non-hydrogen) atoms. The maximum atomic E-state index is 13.5. The number of halogens is 2. The van der Waals surface area contributed by atoms with Crippen LogP contribution in [0.15, 0.2) is 18.2 Å². The first-order chi connectivity index (χ1) is 9.49. The molecular formula is C12H12ClFN4O2. The third kappa shape index (κ3) is 2.27. The van der Waals surface area contributed by atoms with E-state index >= 15 is 0 Å². The number of carbonyl (C=O) groups is 1. The number of rotatable bonds is 3. The molecule has 1 aromatic carbocycles. The number of hydrogen-bond acceptors (Lipinski definition) is 5. The van der Waals surface area contributed by atoms with E-state index in [1.165, 1.54) is 30.0 Å². The number of aromatic nitrogens is 2. The second kappa shape index (κ2) is 5.38. The van der Waals surface area contributed by atoms with Crippen LogP contribution >= 0.6 is 11.6 Å². The maximum absolute atomic E-state index is 13.5. The molecule has 0 aliphatic heterocycles. The van der Waals surface area contributed by atoms with E-state index in [0.717, 1.165) is 0 Å². The predicted molar refractivity (Wildman–Crippen MR) is 73.8 cm³/mol. The summed E-state index contributed by atoms with van der Waals surface area (Å²) in [5, 5.41) is 6.83. The first-order valence-electron chi connectivity index (χ1n) is 5.59. The van der Waals surface area contributed by atoms with Crippen LogP contribution in [0.25, 0.3) is 5.69 Å². The lowest BCUT2D eigenvalue weighted by Gasteiger charge is -2.05. The quantitative estimate of drug-likeness (QED) is 0.848. The summed E-state index contributed by atoms with van der Waals surface area (Å²) in [6.45, 7) is 0.